The molecule has 4 aromatic rings. The number of methoxy groups -OCH3 is 1. The molecule has 0 bridgehead atoms. The Morgan fingerprint density at radius 1 is 0.982 bits per heavy atom. The topological polar surface area (TPSA) is 220 Å². The fraction of sp³-hybridized carbons (Fsp3) is 0.297. The molecule has 2 atom stereocenters. The van der Waals surface area contributed by atoms with Gasteiger partial charge in [0, 0.05) is 35.7 Å². The van der Waals surface area contributed by atoms with Crippen LogP contribution in [0.5, 0.6) is 5.75 Å². The number of amides is 6. The highest BCUT2D eigenvalue weighted by atomic mass is 35.5. The highest BCUT2D eigenvalue weighted by molar-refractivity contribution is 7.17. The van der Waals surface area contributed by atoms with E-state index in [9.17, 15) is 33.6 Å². The van der Waals surface area contributed by atoms with E-state index in [4.69, 9.17) is 26.1 Å². The molecule has 6 amide bonds. The first-order valence-corrected chi connectivity index (χ1v) is 18.6. The molecule has 5 heterocycles. The van der Waals surface area contributed by atoms with Crippen molar-refractivity contribution in [2.24, 2.45) is 4.99 Å². The number of thiophene rings is 1. The van der Waals surface area contributed by atoms with E-state index in [0.717, 1.165) is 4.90 Å². The van der Waals surface area contributed by atoms with Crippen LogP contribution < -0.4 is 20.7 Å². The number of piperidine rings is 1. The average Bonchev–Trinajstić information content (AvgIpc) is 3.78. The number of hydrogen-bond acceptors (Lipinski definition) is 13. The molecule has 1 unspecified atom stereocenters. The van der Waals surface area contributed by atoms with E-state index < -0.39 is 60.1 Å². The number of carbonyl (C=O) groups is 7. The van der Waals surface area contributed by atoms with Crippen molar-refractivity contribution in [1.29, 1.82) is 0 Å². The number of hydrogen-bond donors (Lipinski definition) is 3. The number of fused-ring (bicyclic) bond motifs is 4. The first-order valence-electron chi connectivity index (χ1n) is 17.4. The lowest BCUT2D eigenvalue weighted by Gasteiger charge is -2.27. The number of carbonyl (C=O) groups excluding carboxylic acids is 7. The van der Waals surface area contributed by atoms with Gasteiger partial charge in [-0.25, -0.2) is 0 Å². The number of nitrogens with one attached hydrogen (secondary N) is 3. The second kappa shape index (κ2) is 15.5. The predicted molar refractivity (Wildman–Crippen MR) is 199 cm³/mol. The van der Waals surface area contributed by atoms with Crippen LogP contribution in [0, 0.1) is 13.8 Å². The molecule has 1 fully saturated rings. The van der Waals surface area contributed by atoms with Crippen molar-refractivity contribution >= 4 is 70.1 Å². The fourth-order valence-corrected chi connectivity index (χ4v) is 8.14. The van der Waals surface area contributed by atoms with Gasteiger partial charge in [0.05, 0.1) is 35.2 Å². The zero-order valence-electron chi connectivity index (χ0n) is 30.1. The zero-order valence-corrected chi connectivity index (χ0v) is 31.7. The number of rotatable bonds is 11. The lowest BCUT2D eigenvalue weighted by molar-refractivity contribution is -0.141. The maximum absolute atomic E-state index is 13.6. The summed E-state index contributed by atoms with van der Waals surface area (Å²) in [5.41, 5.74) is 2.48. The van der Waals surface area contributed by atoms with Crippen molar-refractivity contribution in [2.75, 3.05) is 26.8 Å². The number of benzene rings is 2. The van der Waals surface area contributed by atoms with Crippen molar-refractivity contribution in [3.05, 3.63) is 91.8 Å². The third-order valence-corrected chi connectivity index (χ3v) is 11.0. The SMILES string of the molecule is COC(=O)C[C@@H]1N=C(c2ccc(Cl)cc2)c2c(sc(C(=O)NCCNC(=O)COc3cccc4c3C(=O)N(C3CCC(=O)NC3=O)C4=O)c2C)-n2c(C)nnc21. The van der Waals surface area contributed by atoms with Crippen molar-refractivity contribution in [3.8, 4) is 10.8 Å². The third kappa shape index (κ3) is 7.03. The molecular weight excluding hydrogens is 768 g/mol. The van der Waals surface area contributed by atoms with Gasteiger partial charge in [0.15, 0.2) is 12.4 Å². The molecule has 17 nitrogen and oxygen atoms in total. The molecule has 56 heavy (non-hydrogen) atoms. The summed E-state index contributed by atoms with van der Waals surface area (Å²) in [4.78, 5) is 95.4. The monoisotopic (exact) mass is 800 g/mol. The molecule has 7 rings (SSSR count). The Labute approximate surface area is 327 Å². The van der Waals surface area contributed by atoms with Crippen LogP contribution in [0.15, 0.2) is 47.5 Å². The molecule has 3 aliphatic heterocycles. The minimum absolute atomic E-state index is 0.0000516. The number of halogens is 1. The average molecular weight is 801 g/mol. The highest BCUT2D eigenvalue weighted by Crippen LogP contribution is 2.40. The molecule has 0 radical (unpaired) electrons. The lowest BCUT2D eigenvalue weighted by atomic mass is 9.99. The number of imide groups is 2. The Hall–Kier alpha value is -6.27. The largest absolute Gasteiger partial charge is 0.483 e. The summed E-state index contributed by atoms with van der Waals surface area (Å²) in [5, 5.41) is 17.4. The maximum Gasteiger partial charge on any atom is 0.308 e. The summed E-state index contributed by atoms with van der Waals surface area (Å²) in [6.45, 7) is 3.15. The van der Waals surface area contributed by atoms with Gasteiger partial charge in [0.25, 0.3) is 23.6 Å². The fourth-order valence-electron chi connectivity index (χ4n) is 6.74. The van der Waals surface area contributed by atoms with Crippen LogP contribution >= 0.6 is 22.9 Å². The molecule has 3 aliphatic rings. The maximum atomic E-state index is 13.6. The van der Waals surface area contributed by atoms with Crippen LogP contribution in [0.3, 0.4) is 0 Å². The third-order valence-electron chi connectivity index (χ3n) is 9.43. The van der Waals surface area contributed by atoms with E-state index in [2.05, 4.69) is 26.1 Å². The summed E-state index contributed by atoms with van der Waals surface area (Å²) in [5.74, 6) is -3.19. The first kappa shape index (κ1) is 38.0. The molecule has 0 saturated carbocycles. The van der Waals surface area contributed by atoms with Crippen molar-refractivity contribution < 1.29 is 43.0 Å². The van der Waals surface area contributed by atoms with Crippen LogP contribution in [-0.4, -0.2) is 99.6 Å². The highest BCUT2D eigenvalue weighted by Gasteiger charge is 2.46. The number of aliphatic imine (C=N–C) groups is 1. The summed E-state index contributed by atoms with van der Waals surface area (Å²) >= 11 is 7.40. The second-order valence-electron chi connectivity index (χ2n) is 13.0. The Morgan fingerprint density at radius 3 is 2.46 bits per heavy atom. The van der Waals surface area contributed by atoms with Crippen molar-refractivity contribution in [1.82, 2.24) is 35.6 Å². The molecule has 1 saturated heterocycles. The van der Waals surface area contributed by atoms with E-state index in [1.165, 1.54) is 36.6 Å². The van der Waals surface area contributed by atoms with E-state index in [-0.39, 0.29) is 49.2 Å². The molecule has 2 aromatic carbocycles. The van der Waals surface area contributed by atoms with Gasteiger partial charge in [-0.05, 0) is 50.1 Å². The summed E-state index contributed by atoms with van der Waals surface area (Å²) < 4.78 is 12.4. The normalized spacial score (nSPS) is 17.3. The van der Waals surface area contributed by atoms with Crippen LogP contribution in [-0.2, 0) is 23.9 Å². The quantitative estimate of drug-likeness (QED) is 0.114. The number of aromatic nitrogens is 3. The Morgan fingerprint density at radius 2 is 1.73 bits per heavy atom. The van der Waals surface area contributed by atoms with Gasteiger partial charge in [-0.1, -0.05) is 29.8 Å². The van der Waals surface area contributed by atoms with Crippen LogP contribution in [0.4, 0.5) is 0 Å². The van der Waals surface area contributed by atoms with Gasteiger partial charge >= 0.3 is 5.97 Å². The summed E-state index contributed by atoms with van der Waals surface area (Å²) in [6.07, 6.45) is -0.106. The Bertz CT molecular complexity index is 2370. The minimum atomic E-state index is -1.15. The van der Waals surface area contributed by atoms with Crippen LogP contribution in [0.2, 0.25) is 5.02 Å². The molecule has 0 spiro atoms. The van der Waals surface area contributed by atoms with Gasteiger partial charge in [-0.2, -0.15) is 0 Å². The standard InChI is InChI=1S/C37H33ClN8O9S/c1-17-28-30(19-7-9-20(38)10-8-19)41-22(15-27(49)54-3)32-44-43-18(2)45(32)37(28)56-31(17)34(51)40-14-13-39-26(48)16-55-24-6-4-5-21-29(24)36(53)46(35(21)52)23-11-12-25(47)42-33(23)50/h4-10,22-23H,11-16H2,1-3H3,(H,39,48)(H,40,51)(H,42,47,50)/t22-,23?/m0/s1. The van der Waals surface area contributed by atoms with Gasteiger partial charge in [-0.15, -0.1) is 21.5 Å². The van der Waals surface area contributed by atoms with Crippen molar-refractivity contribution in [2.45, 2.75) is 45.2 Å². The molecule has 2 aromatic heterocycles. The van der Waals surface area contributed by atoms with E-state index in [0.29, 0.717) is 49.0 Å². The number of aryl methyl sites for hydroxylation is 1. The summed E-state index contributed by atoms with van der Waals surface area (Å²) in [6, 6.07) is 9.54. The number of esters is 1. The molecular formula is C37H33ClN8O9S. The molecule has 288 valence electrons. The van der Waals surface area contributed by atoms with Crippen LogP contribution in [0.1, 0.15) is 84.0 Å². The van der Waals surface area contributed by atoms with Crippen LogP contribution in [0.25, 0.3) is 5.00 Å². The first-order chi connectivity index (χ1) is 26.9. The van der Waals surface area contributed by atoms with Gasteiger partial charge in [0.1, 0.15) is 28.7 Å². The molecule has 3 N–H and O–H groups in total. The van der Waals surface area contributed by atoms with E-state index in [1.54, 1.807) is 42.7 Å². The second-order valence-corrected chi connectivity index (χ2v) is 14.4. The van der Waals surface area contributed by atoms with E-state index >= 15 is 0 Å². The predicted octanol–water partition coefficient (Wildman–Crippen LogP) is 2.38. The Balaban J connectivity index is 1.02. The zero-order chi connectivity index (χ0) is 39.8. The lowest BCUT2D eigenvalue weighted by Crippen LogP contribution is -2.54. The smallest absolute Gasteiger partial charge is 0.308 e. The minimum Gasteiger partial charge on any atom is -0.483 e. The molecule has 19 heteroatoms. The molecule has 0 aliphatic carbocycles. The number of nitrogens with zero attached hydrogens (tertiary/aromatic N) is 5. The van der Waals surface area contributed by atoms with E-state index in [1.807, 2.05) is 0 Å². The van der Waals surface area contributed by atoms with Crippen molar-refractivity contribution in [3.63, 3.8) is 0 Å². The van der Waals surface area contributed by atoms with Gasteiger partial charge < -0.3 is 20.1 Å². The van der Waals surface area contributed by atoms with Gasteiger partial charge in [-0.3, -0.25) is 53.3 Å². The van der Waals surface area contributed by atoms with Gasteiger partial charge in [0.2, 0.25) is 11.8 Å². The summed E-state index contributed by atoms with van der Waals surface area (Å²) in [7, 11) is 1.30. The Kier molecular flexibility index (Phi) is 10.5. The number of ether oxygens (including phenoxy) is 2.